The van der Waals surface area contributed by atoms with E-state index < -0.39 is 10.1 Å². The lowest BCUT2D eigenvalue weighted by Crippen LogP contribution is -2.08. The molecular formula is C12H18O6S. The van der Waals surface area contributed by atoms with E-state index in [4.69, 9.17) is 14.2 Å². The number of hydrogen-bond donors (Lipinski definition) is 1. The van der Waals surface area contributed by atoms with E-state index in [0.29, 0.717) is 12.2 Å². The summed E-state index contributed by atoms with van der Waals surface area (Å²) in [4.78, 5) is -0.308. The SMILES string of the molecule is CCOc1c(COC)ccc(S(=O)(=O)O)c1OCC. The van der Waals surface area contributed by atoms with Gasteiger partial charge in [-0.15, -0.1) is 0 Å². The molecule has 7 heteroatoms. The van der Waals surface area contributed by atoms with E-state index >= 15 is 0 Å². The molecule has 0 heterocycles. The molecule has 0 amide bonds. The first-order chi connectivity index (χ1) is 8.95. The normalized spacial score (nSPS) is 11.4. The van der Waals surface area contributed by atoms with Crippen molar-refractivity contribution in [2.75, 3.05) is 20.3 Å². The predicted octanol–water partition coefficient (Wildman–Crippen LogP) is 1.88. The van der Waals surface area contributed by atoms with Crippen molar-refractivity contribution in [2.24, 2.45) is 0 Å². The lowest BCUT2D eigenvalue weighted by atomic mass is 10.2. The number of benzene rings is 1. The minimum Gasteiger partial charge on any atom is -0.490 e. The Morgan fingerprint density at radius 2 is 1.68 bits per heavy atom. The highest BCUT2D eigenvalue weighted by Gasteiger charge is 2.23. The van der Waals surface area contributed by atoms with Gasteiger partial charge in [-0.3, -0.25) is 4.55 Å². The molecule has 6 nitrogen and oxygen atoms in total. The van der Waals surface area contributed by atoms with Crippen molar-refractivity contribution in [3.63, 3.8) is 0 Å². The van der Waals surface area contributed by atoms with Gasteiger partial charge in [-0.1, -0.05) is 6.07 Å². The molecule has 0 saturated heterocycles. The molecule has 0 aromatic heterocycles. The Morgan fingerprint density at radius 3 is 2.16 bits per heavy atom. The van der Waals surface area contributed by atoms with Gasteiger partial charge < -0.3 is 14.2 Å². The fourth-order valence-corrected chi connectivity index (χ4v) is 2.27. The zero-order valence-electron chi connectivity index (χ0n) is 11.2. The molecule has 0 bridgehead atoms. The van der Waals surface area contributed by atoms with E-state index in [2.05, 4.69) is 0 Å². The van der Waals surface area contributed by atoms with Gasteiger partial charge in [0.25, 0.3) is 10.1 Å². The van der Waals surface area contributed by atoms with Gasteiger partial charge in [0.15, 0.2) is 11.5 Å². The van der Waals surface area contributed by atoms with Crippen LogP contribution in [0.3, 0.4) is 0 Å². The summed E-state index contributed by atoms with van der Waals surface area (Å²) < 4.78 is 47.7. The average Bonchev–Trinajstić information content (AvgIpc) is 2.32. The molecule has 1 N–H and O–H groups in total. The van der Waals surface area contributed by atoms with Gasteiger partial charge in [0.05, 0.1) is 19.8 Å². The summed E-state index contributed by atoms with van der Waals surface area (Å²) >= 11 is 0. The highest BCUT2D eigenvalue weighted by atomic mass is 32.2. The van der Waals surface area contributed by atoms with Gasteiger partial charge in [-0.25, -0.2) is 0 Å². The molecule has 0 aliphatic carbocycles. The van der Waals surface area contributed by atoms with Crippen LogP contribution in [0.1, 0.15) is 19.4 Å². The first-order valence-electron chi connectivity index (χ1n) is 5.83. The molecule has 1 aromatic carbocycles. The topological polar surface area (TPSA) is 82.1 Å². The van der Waals surface area contributed by atoms with E-state index in [1.807, 2.05) is 0 Å². The van der Waals surface area contributed by atoms with Crippen LogP contribution in [-0.4, -0.2) is 33.3 Å². The van der Waals surface area contributed by atoms with Gasteiger partial charge in [-0.05, 0) is 19.9 Å². The van der Waals surface area contributed by atoms with Crippen molar-refractivity contribution in [1.82, 2.24) is 0 Å². The van der Waals surface area contributed by atoms with E-state index in [1.54, 1.807) is 13.8 Å². The Hall–Kier alpha value is -1.31. The number of methoxy groups -OCH3 is 1. The number of hydrogen-bond acceptors (Lipinski definition) is 5. The lowest BCUT2D eigenvalue weighted by molar-refractivity contribution is 0.178. The van der Waals surface area contributed by atoms with Crippen molar-refractivity contribution in [2.45, 2.75) is 25.3 Å². The summed E-state index contributed by atoms with van der Waals surface area (Å²) in [6, 6.07) is 2.80. The molecule has 0 aliphatic rings. The number of ether oxygens (including phenoxy) is 3. The summed E-state index contributed by atoms with van der Waals surface area (Å²) in [6.07, 6.45) is 0. The maximum Gasteiger partial charge on any atom is 0.298 e. The van der Waals surface area contributed by atoms with Crippen LogP contribution >= 0.6 is 0 Å². The quantitative estimate of drug-likeness (QED) is 0.772. The van der Waals surface area contributed by atoms with Crippen molar-refractivity contribution < 1.29 is 27.2 Å². The fourth-order valence-electron chi connectivity index (χ4n) is 1.64. The highest BCUT2D eigenvalue weighted by Crippen LogP contribution is 2.38. The zero-order chi connectivity index (χ0) is 14.5. The Kier molecular flexibility index (Phi) is 5.59. The predicted molar refractivity (Wildman–Crippen MR) is 69.3 cm³/mol. The van der Waals surface area contributed by atoms with E-state index in [0.717, 1.165) is 0 Å². The first-order valence-corrected chi connectivity index (χ1v) is 7.27. The second kappa shape index (κ2) is 6.74. The van der Waals surface area contributed by atoms with Crippen LogP contribution in [-0.2, 0) is 21.5 Å². The molecule has 0 unspecified atom stereocenters. The first kappa shape index (κ1) is 15.7. The van der Waals surface area contributed by atoms with Crippen molar-refractivity contribution in [1.29, 1.82) is 0 Å². The Morgan fingerprint density at radius 1 is 1.11 bits per heavy atom. The van der Waals surface area contributed by atoms with Gasteiger partial charge >= 0.3 is 0 Å². The summed E-state index contributed by atoms with van der Waals surface area (Å²) in [6.45, 7) is 4.32. The van der Waals surface area contributed by atoms with Crippen molar-refractivity contribution in [3.05, 3.63) is 17.7 Å². The molecule has 108 valence electrons. The Bertz CT molecular complexity index is 523. The third-order valence-electron chi connectivity index (χ3n) is 2.31. The van der Waals surface area contributed by atoms with Crippen LogP contribution in [0.15, 0.2) is 17.0 Å². The molecule has 0 fully saturated rings. The number of rotatable bonds is 7. The second-order valence-electron chi connectivity index (χ2n) is 3.66. The van der Waals surface area contributed by atoms with Gasteiger partial charge in [-0.2, -0.15) is 8.42 Å². The average molecular weight is 290 g/mol. The standard InChI is InChI=1S/C12H18O6S/c1-4-17-11-9(8-16-3)6-7-10(19(13,14)15)12(11)18-5-2/h6-7H,4-5,8H2,1-3H3,(H,13,14,15). The summed E-state index contributed by atoms with van der Waals surface area (Å²) in [5.74, 6) is 0.294. The minimum absolute atomic E-state index is 0.0152. The molecular weight excluding hydrogens is 272 g/mol. The Balaban J connectivity index is 3.48. The van der Waals surface area contributed by atoms with Gasteiger partial charge in [0.2, 0.25) is 0 Å². The monoisotopic (exact) mass is 290 g/mol. The van der Waals surface area contributed by atoms with E-state index in [1.165, 1.54) is 19.2 Å². The fraction of sp³-hybridized carbons (Fsp3) is 0.500. The van der Waals surface area contributed by atoms with Crippen LogP contribution in [0, 0.1) is 0 Å². The van der Waals surface area contributed by atoms with Crippen LogP contribution in [0.25, 0.3) is 0 Å². The maximum atomic E-state index is 11.3. The molecule has 0 spiro atoms. The van der Waals surface area contributed by atoms with Crippen LogP contribution in [0.5, 0.6) is 11.5 Å². The molecule has 0 radical (unpaired) electrons. The Labute approximate surface area is 113 Å². The molecule has 0 aliphatic heterocycles. The molecule has 19 heavy (non-hydrogen) atoms. The van der Waals surface area contributed by atoms with Crippen LogP contribution in [0.2, 0.25) is 0 Å². The van der Waals surface area contributed by atoms with E-state index in [-0.39, 0.29) is 29.6 Å². The third-order valence-corrected chi connectivity index (χ3v) is 3.19. The van der Waals surface area contributed by atoms with Crippen LogP contribution in [0.4, 0.5) is 0 Å². The summed E-state index contributed by atoms with van der Waals surface area (Å²) in [7, 11) is -2.85. The van der Waals surface area contributed by atoms with Gasteiger partial charge in [0, 0.05) is 12.7 Å². The zero-order valence-corrected chi connectivity index (χ0v) is 12.0. The van der Waals surface area contributed by atoms with E-state index in [9.17, 15) is 13.0 Å². The summed E-state index contributed by atoms with van der Waals surface area (Å²) in [5.41, 5.74) is 0.653. The van der Waals surface area contributed by atoms with Gasteiger partial charge in [0.1, 0.15) is 4.90 Å². The molecule has 1 aromatic rings. The summed E-state index contributed by atoms with van der Waals surface area (Å²) in [5, 5.41) is 0. The molecule has 0 saturated carbocycles. The minimum atomic E-state index is -4.37. The smallest absolute Gasteiger partial charge is 0.298 e. The highest BCUT2D eigenvalue weighted by molar-refractivity contribution is 7.86. The molecule has 1 rings (SSSR count). The van der Waals surface area contributed by atoms with Crippen LogP contribution < -0.4 is 9.47 Å². The largest absolute Gasteiger partial charge is 0.490 e. The third kappa shape index (κ3) is 3.82. The molecule has 0 atom stereocenters. The second-order valence-corrected chi connectivity index (χ2v) is 5.05. The lowest BCUT2D eigenvalue weighted by Gasteiger charge is -2.17. The van der Waals surface area contributed by atoms with Crippen molar-refractivity contribution in [3.8, 4) is 11.5 Å². The maximum absolute atomic E-state index is 11.3. The van der Waals surface area contributed by atoms with Crippen molar-refractivity contribution >= 4 is 10.1 Å².